The van der Waals surface area contributed by atoms with Crippen LogP contribution in [0.1, 0.15) is 47.2 Å². The molecule has 0 unspecified atom stereocenters. The largest absolute Gasteiger partial charge is 0.487 e. The quantitative estimate of drug-likeness (QED) is 0.386. The van der Waals surface area contributed by atoms with Crippen molar-refractivity contribution in [2.24, 2.45) is 0 Å². The van der Waals surface area contributed by atoms with E-state index in [9.17, 15) is 4.79 Å². The van der Waals surface area contributed by atoms with Crippen molar-refractivity contribution in [1.29, 1.82) is 0 Å². The highest BCUT2D eigenvalue weighted by molar-refractivity contribution is 5.97. The fourth-order valence-corrected chi connectivity index (χ4v) is 5.64. The van der Waals surface area contributed by atoms with Crippen LogP contribution in [0.3, 0.4) is 0 Å². The highest BCUT2D eigenvalue weighted by Crippen LogP contribution is 2.62. The van der Waals surface area contributed by atoms with Gasteiger partial charge in [-0.25, -0.2) is 0 Å². The molecule has 2 aromatic carbocycles. The Morgan fingerprint density at radius 3 is 2.11 bits per heavy atom. The van der Waals surface area contributed by atoms with Crippen LogP contribution in [-0.4, -0.2) is 12.1 Å². The molecule has 1 spiro atoms. The molecule has 0 fully saturated rings. The lowest BCUT2D eigenvalue weighted by Gasteiger charge is -2.33. The second-order valence-corrected chi connectivity index (χ2v) is 8.72. The lowest BCUT2D eigenvalue weighted by atomic mass is 9.68. The number of esters is 1. The molecule has 0 saturated heterocycles. The Labute approximate surface area is 160 Å². The molecule has 2 heterocycles. The maximum Gasteiger partial charge on any atom is 0.330 e. The van der Waals surface area contributed by atoms with Gasteiger partial charge in [-0.1, -0.05) is 47.0 Å². The number of carbonyl (C=O) groups is 1. The van der Waals surface area contributed by atoms with Gasteiger partial charge < -0.3 is 9.47 Å². The topological polar surface area (TPSA) is 35.5 Å². The van der Waals surface area contributed by atoms with Crippen LogP contribution in [0.15, 0.2) is 35.9 Å². The van der Waals surface area contributed by atoms with E-state index in [1.807, 2.05) is 13.8 Å². The summed E-state index contributed by atoms with van der Waals surface area (Å²) in [6.45, 7) is 12.5. The van der Waals surface area contributed by atoms with Crippen LogP contribution in [0.25, 0.3) is 0 Å². The van der Waals surface area contributed by atoms with Gasteiger partial charge in [-0.15, -0.1) is 0 Å². The number of benzene rings is 2. The van der Waals surface area contributed by atoms with E-state index < -0.39 is 5.41 Å². The minimum Gasteiger partial charge on any atom is -0.487 e. The average molecular weight is 360 g/mol. The minimum atomic E-state index is -0.875. The van der Waals surface area contributed by atoms with Gasteiger partial charge in [-0.3, -0.25) is 4.79 Å². The van der Waals surface area contributed by atoms with Crippen molar-refractivity contribution >= 4 is 5.97 Å². The number of hydrogen-bond acceptors (Lipinski definition) is 3. The van der Waals surface area contributed by atoms with Crippen molar-refractivity contribution in [3.8, 4) is 11.5 Å². The molecule has 3 heteroatoms. The highest BCUT2D eigenvalue weighted by atomic mass is 16.6. The third kappa shape index (κ3) is 1.75. The van der Waals surface area contributed by atoms with E-state index in [0.29, 0.717) is 5.75 Å². The molecule has 1 aliphatic carbocycles. The van der Waals surface area contributed by atoms with Gasteiger partial charge in [0.05, 0.1) is 5.41 Å². The first-order chi connectivity index (χ1) is 12.7. The van der Waals surface area contributed by atoms with E-state index >= 15 is 0 Å². The van der Waals surface area contributed by atoms with Crippen LogP contribution >= 0.6 is 0 Å². The monoisotopic (exact) mass is 360 g/mol. The third-order valence-electron chi connectivity index (χ3n) is 6.67. The molecule has 0 aromatic heterocycles. The number of rotatable bonds is 0. The van der Waals surface area contributed by atoms with Crippen molar-refractivity contribution in [3.05, 3.63) is 69.3 Å². The number of hydrogen-bond donors (Lipinski definition) is 0. The van der Waals surface area contributed by atoms with Gasteiger partial charge in [0.25, 0.3) is 0 Å². The Kier molecular flexibility index (Phi) is 2.97. The molecule has 3 aliphatic rings. The smallest absolute Gasteiger partial charge is 0.330 e. The first kappa shape index (κ1) is 16.6. The second-order valence-electron chi connectivity index (χ2n) is 8.72. The minimum absolute atomic E-state index is 0.212. The standard InChI is InChI=1S/C24H24O3/c1-12-7-14(3)19-17(9-12)23(6)11-16(5)24(21(23)26-19)18-10-13(2)8-15(4)20(18)27-22(24)25/h7-11,21H,1-6H3/t21-,23+,24+/m1/s1. The Morgan fingerprint density at radius 2 is 1.44 bits per heavy atom. The maximum absolute atomic E-state index is 13.4. The van der Waals surface area contributed by atoms with Crippen LogP contribution in [-0.2, 0) is 15.6 Å². The van der Waals surface area contributed by atoms with Gasteiger partial charge in [0.15, 0.2) is 5.41 Å². The molecule has 0 radical (unpaired) electrons. The van der Waals surface area contributed by atoms with E-state index in [4.69, 9.17) is 9.47 Å². The predicted molar refractivity (Wildman–Crippen MR) is 105 cm³/mol. The Hall–Kier alpha value is -2.55. The number of aryl methyl sites for hydroxylation is 4. The summed E-state index contributed by atoms with van der Waals surface area (Å²) in [5.74, 6) is 1.41. The summed E-state index contributed by atoms with van der Waals surface area (Å²) in [4.78, 5) is 13.4. The van der Waals surface area contributed by atoms with Gasteiger partial charge in [0, 0.05) is 11.1 Å². The zero-order valence-corrected chi connectivity index (χ0v) is 16.7. The second kappa shape index (κ2) is 4.83. The molecule has 2 aliphatic heterocycles. The third-order valence-corrected chi connectivity index (χ3v) is 6.67. The zero-order valence-electron chi connectivity index (χ0n) is 16.7. The van der Waals surface area contributed by atoms with Crippen molar-refractivity contribution < 1.29 is 14.3 Å². The van der Waals surface area contributed by atoms with Crippen LogP contribution < -0.4 is 9.47 Å². The molecule has 5 rings (SSSR count). The molecule has 0 N–H and O–H groups in total. The summed E-state index contributed by atoms with van der Waals surface area (Å²) in [6, 6.07) is 8.51. The van der Waals surface area contributed by atoms with Gasteiger partial charge in [0.2, 0.25) is 0 Å². The average Bonchev–Trinajstić information content (AvgIpc) is 3.09. The van der Waals surface area contributed by atoms with E-state index in [-0.39, 0.29) is 17.5 Å². The molecule has 3 atom stereocenters. The first-order valence-corrected chi connectivity index (χ1v) is 9.52. The fourth-order valence-electron chi connectivity index (χ4n) is 5.64. The number of fused-ring (bicyclic) bond motifs is 6. The maximum atomic E-state index is 13.4. The summed E-state index contributed by atoms with van der Waals surface area (Å²) < 4.78 is 12.4. The van der Waals surface area contributed by atoms with Gasteiger partial charge in [-0.05, 0) is 52.7 Å². The lowest BCUT2D eigenvalue weighted by molar-refractivity contribution is -0.140. The summed E-state index contributed by atoms with van der Waals surface area (Å²) in [5, 5.41) is 0. The van der Waals surface area contributed by atoms with Gasteiger partial charge in [0.1, 0.15) is 17.6 Å². The van der Waals surface area contributed by atoms with E-state index in [1.54, 1.807) is 0 Å². The molecule has 27 heavy (non-hydrogen) atoms. The van der Waals surface area contributed by atoms with Crippen molar-refractivity contribution in [2.75, 3.05) is 0 Å². The molecular formula is C24H24O3. The molecule has 0 amide bonds. The molecule has 138 valence electrons. The van der Waals surface area contributed by atoms with Crippen LogP contribution in [0.4, 0.5) is 0 Å². The first-order valence-electron chi connectivity index (χ1n) is 9.52. The van der Waals surface area contributed by atoms with Gasteiger partial charge >= 0.3 is 5.97 Å². The number of ether oxygens (including phenoxy) is 2. The number of carbonyl (C=O) groups excluding carboxylic acids is 1. The van der Waals surface area contributed by atoms with Crippen LogP contribution in [0.5, 0.6) is 11.5 Å². The fraction of sp³-hybridized carbons (Fsp3) is 0.375. The van der Waals surface area contributed by atoms with Crippen molar-refractivity contribution in [1.82, 2.24) is 0 Å². The normalized spacial score (nSPS) is 29.9. The molecule has 3 nitrogen and oxygen atoms in total. The molecule has 0 bridgehead atoms. The summed E-state index contributed by atoms with van der Waals surface area (Å²) in [5.41, 5.74) is 6.38. The summed E-state index contributed by atoms with van der Waals surface area (Å²) in [7, 11) is 0. The predicted octanol–water partition coefficient (Wildman–Crippen LogP) is 4.76. The Morgan fingerprint density at radius 1 is 0.852 bits per heavy atom. The van der Waals surface area contributed by atoms with E-state index in [2.05, 4.69) is 58.0 Å². The zero-order chi connectivity index (χ0) is 19.3. The highest BCUT2D eigenvalue weighted by Gasteiger charge is 2.68. The molecular weight excluding hydrogens is 336 g/mol. The van der Waals surface area contributed by atoms with E-state index in [1.165, 1.54) is 11.1 Å². The Balaban J connectivity index is 1.81. The SMILES string of the molecule is CC1=C[C@@]2(C)c3cc(C)cc(C)c3O[C@H]2[C@]12C(=O)Oc1c(C)cc(C)cc12. The lowest BCUT2D eigenvalue weighted by Crippen LogP contribution is -2.50. The van der Waals surface area contributed by atoms with Crippen molar-refractivity contribution in [3.63, 3.8) is 0 Å². The molecule has 2 aromatic rings. The van der Waals surface area contributed by atoms with E-state index in [0.717, 1.165) is 33.6 Å². The van der Waals surface area contributed by atoms with Crippen LogP contribution in [0.2, 0.25) is 0 Å². The molecule has 0 saturated carbocycles. The van der Waals surface area contributed by atoms with Gasteiger partial charge in [-0.2, -0.15) is 0 Å². The summed E-state index contributed by atoms with van der Waals surface area (Å²) in [6.07, 6.45) is 1.91. The van der Waals surface area contributed by atoms with Crippen LogP contribution in [0, 0.1) is 27.7 Å². The Bertz CT molecular complexity index is 1080. The summed E-state index contributed by atoms with van der Waals surface area (Å²) >= 11 is 0. The van der Waals surface area contributed by atoms with Crippen molar-refractivity contribution in [2.45, 2.75) is 58.5 Å².